The Morgan fingerprint density at radius 1 is 1.41 bits per heavy atom. The number of carbonyl (C=O) groups excluding carboxylic acids is 2. The smallest absolute Gasteiger partial charge is 0.237 e. The molecule has 0 spiro atoms. The van der Waals surface area contributed by atoms with E-state index in [0.717, 1.165) is 17.9 Å². The molecule has 2 amide bonds. The first kappa shape index (κ1) is 19.1. The van der Waals surface area contributed by atoms with E-state index in [9.17, 15) is 9.59 Å². The molecule has 7 heteroatoms. The van der Waals surface area contributed by atoms with Crippen LogP contribution in [0.25, 0.3) is 0 Å². The van der Waals surface area contributed by atoms with Gasteiger partial charge < -0.3 is 15.2 Å². The van der Waals surface area contributed by atoms with E-state index in [0.29, 0.717) is 26.1 Å². The van der Waals surface area contributed by atoms with Gasteiger partial charge in [0.05, 0.1) is 12.5 Å². The quantitative estimate of drug-likeness (QED) is 0.756. The summed E-state index contributed by atoms with van der Waals surface area (Å²) >= 11 is 0. The van der Waals surface area contributed by atoms with Crippen molar-refractivity contribution >= 4 is 11.8 Å². The summed E-state index contributed by atoms with van der Waals surface area (Å²) in [6, 6.07) is 7.82. The van der Waals surface area contributed by atoms with Gasteiger partial charge in [-0.15, -0.1) is 0 Å². The monoisotopic (exact) mass is 369 g/mol. The molecule has 144 valence electrons. The summed E-state index contributed by atoms with van der Waals surface area (Å²) in [6.45, 7) is 4.59. The van der Waals surface area contributed by atoms with Gasteiger partial charge in [0.25, 0.3) is 0 Å². The molecule has 0 bridgehead atoms. The van der Waals surface area contributed by atoms with E-state index in [1.165, 1.54) is 5.56 Å². The topological polar surface area (TPSA) is 79.3 Å². The van der Waals surface area contributed by atoms with Crippen LogP contribution in [-0.2, 0) is 29.6 Å². The van der Waals surface area contributed by atoms with Gasteiger partial charge in [0.2, 0.25) is 11.8 Å². The van der Waals surface area contributed by atoms with E-state index in [1.807, 2.05) is 23.9 Å². The summed E-state index contributed by atoms with van der Waals surface area (Å²) in [5.41, 5.74) is 2.35. The molecule has 1 aliphatic rings. The summed E-state index contributed by atoms with van der Waals surface area (Å²) in [5.74, 6) is 0.737. The number of amides is 2. The Kier molecular flexibility index (Phi) is 6.24. The lowest BCUT2D eigenvalue weighted by molar-refractivity contribution is -0.134. The molecule has 0 radical (unpaired) electrons. The lowest BCUT2D eigenvalue weighted by Crippen LogP contribution is -2.56. The Bertz CT molecular complexity index is 801. The van der Waals surface area contributed by atoms with Crippen molar-refractivity contribution in [3.05, 3.63) is 53.6 Å². The van der Waals surface area contributed by atoms with Crippen molar-refractivity contribution < 1.29 is 9.59 Å². The number of hydrogen-bond donors (Lipinski definition) is 2. The van der Waals surface area contributed by atoms with Crippen molar-refractivity contribution in [2.75, 3.05) is 19.6 Å². The van der Waals surface area contributed by atoms with Gasteiger partial charge in [0.1, 0.15) is 5.82 Å². The van der Waals surface area contributed by atoms with Crippen molar-refractivity contribution in [3.63, 3.8) is 0 Å². The Balaban J connectivity index is 1.55. The summed E-state index contributed by atoms with van der Waals surface area (Å²) < 4.78 is 1.93. The van der Waals surface area contributed by atoms with Crippen molar-refractivity contribution in [3.8, 4) is 0 Å². The molecule has 1 aromatic heterocycles. The van der Waals surface area contributed by atoms with Crippen molar-refractivity contribution in [2.45, 2.75) is 32.4 Å². The third kappa shape index (κ3) is 5.17. The van der Waals surface area contributed by atoms with Crippen molar-refractivity contribution in [2.24, 2.45) is 7.05 Å². The van der Waals surface area contributed by atoms with E-state index in [-0.39, 0.29) is 18.2 Å². The number of piperazine rings is 1. The third-order valence-corrected chi connectivity index (χ3v) is 4.88. The van der Waals surface area contributed by atoms with Crippen LogP contribution in [0.4, 0.5) is 0 Å². The number of benzene rings is 1. The van der Waals surface area contributed by atoms with Crippen LogP contribution in [0.2, 0.25) is 0 Å². The molecule has 1 atom stereocenters. The molecule has 1 aliphatic heterocycles. The van der Waals surface area contributed by atoms with Gasteiger partial charge in [-0.05, 0) is 12.5 Å². The van der Waals surface area contributed by atoms with Crippen LogP contribution < -0.4 is 10.6 Å². The third-order valence-electron chi connectivity index (χ3n) is 4.88. The van der Waals surface area contributed by atoms with Gasteiger partial charge in [0, 0.05) is 52.0 Å². The highest BCUT2D eigenvalue weighted by molar-refractivity contribution is 5.88. The molecule has 7 nitrogen and oxygen atoms in total. The zero-order chi connectivity index (χ0) is 19.2. The first-order valence-corrected chi connectivity index (χ1v) is 9.33. The van der Waals surface area contributed by atoms with Gasteiger partial charge in [-0.1, -0.05) is 29.8 Å². The van der Waals surface area contributed by atoms with E-state index in [1.54, 1.807) is 6.20 Å². The number of rotatable bonds is 7. The highest BCUT2D eigenvalue weighted by atomic mass is 16.2. The molecule has 3 rings (SSSR count). The normalized spacial score (nSPS) is 17.6. The zero-order valence-electron chi connectivity index (χ0n) is 15.9. The molecule has 2 N–H and O–H groups in total. The number of nitrogens with one attached hydrogen (secondary N) is 2. The number of imidazole rings is 1. The molecule has 1 saturated heterocycles. The van der Waals surface area contributed by atoms with Gasteiger partial charge >= 0.3 is 0 Å². The molecule has 1 fully saturated rings. The maximum absolute atomic E-state index is 12.4. The second-order valence-corrected chi connectivity index (χ2v) is 7.02. The van der Waals surface area contributed by atoms with Crippen LogP contribution in [0.15, 0.2) is 36.7 Å². The minimum Gasteiger partial charge on any atom is -0.356 e. The van der Waals surface area contributed by atoms with Gasteiger partial charge in [-0.3, -0.25) is 14.5 Å². The standard InChI is InChI=1S/C20H27N5O2/c1-15-4-3-5-16(12-15)14-25-11-9-23-20(27)17(25)13-19(26)22-7-6-18-21-8-10-24(18)2/h3-5,8,10,12,17H,6-7,9,11,13-14H2,1-2H3,(H,22,26)(H,23,27). The van der Waals surface area contributed by atoms with Crippen LogP contribution in [0.1, 0.15) is 23.4 Å². The molecule has 2 heterocycles. The Labute approximate surface area is 159 Å². The molecular formula is C20H27N5O2. The molecule has 2 aromatic rings. The molecule has 27 heavy (non-hydrogen) atoms. The summed E-state index contributed by atoms with van der Waals surface area (Å²) in [7, 11) is 1.93. The highest BCUT2D eigenvalue weighted by Crippen LogP contribution is 2.15. The Hall–Kier alpha value is -2.67. The predicted octanol–water partition coefficient (Wildman–Crippen LogP) is 0.778. The lowest BCUT2D eigenvalue weighted by atomic mass is 10.1. The second kappa shape index (κ2) is 8.81. The van der Waals surface area contributed by atoms with Crippen molar-refractivity contribution in [1.82, 2.24) is 25.1 Å². The molecule has 1 aromatic carbocycles. The zero-order valence-corrected chi connectivity index (χ0v) is 15.9. The Morgan fingerprint density at radius 3 is 3.00 bits per heavy atom. The average molecular weight is 369 g/mol. The minimum atomic E-state index is -0.438. The predicted molar refractivity (Wildman–Crippen MR) is 103 cm³/mol. The van der Waals surface area contributed by atoms with Crippen LogP contribution in [0, 0.1) is 6.92 Å². The van der Waals surface area contributed by atoms with E-state index in [2.05, 4.69) is 45.6 Å². The molecule has 0 saturated carbocycles. The van der Waals surface area contributed by atoms with Crippen LogP contribution in [-0.4, -0.2) is 51.9 Å². The maximum Gasteiger partial charge on any atom is 0.237 e. The van der Waals surface area contributed by atoms with Crippen LogP contribution in [0.5, 0.6) is 0 Å². The maximum atomic E-state index is 12.4. The second-order valence-electron chi connectivity index (χ2n) is 7.02. The number of hydrogen-bond acceptors (Lipinski definition) is 4. The average Bonchev–Trinajstić information content (AvgIpc) is 3.03. The van der Waals surface area contributed by atoms with Crippen LogP contribution in [0.3, 0.4) is 0 Å². The number of carbonyl (C=O) groups is 2. The number of aryl methyl sites for hydroxylation is 2. The summed E-state index contributed by atoms with van der Waals surface area (Å²) in [4.78, 5) is 31.1. The summed E-state index contributed by atoms with van der Waals surface area (Å²) in [6.07, 6.45) is 4.46. The van der Waals surface area contributed by atoms with Gasteiger partial charge in [0.15, 0.2) is 0 Å². The van der Waals surface area contributed by atoms with E-state index >= 15 is 0 Å². The fraction of sp³-hybridized carbons (Fsp3) is 0.450. The number of aromatic nitrogens is 2. The van der Waals surface area contributed by atoms with Gasteiger partial charge in [-0.25, -0.2) is 4.98 Å². The summed E-state index contributed by atoms with van der Waals surface area (Å²) in [5, 5.41) is 5.79. The molecular weight excluding hydrogens is 342 g/mol. The van der Waals surface area contributed by atoms with Crippen molar-refractivity contribution in [1.29, 1.82) is 0 Å². The number of nitrogens with zero attached hydrogens (tertiary/aromatic N) is 3. The lowest BCUT2D eigenvalue weighted by Gasteiger charge is -2.34. The highest BCUT2D eigenvalue weighted by Gasteiger charge is 2.31. The fourth-order valence-corrected chi connectivity index (χ4v) is 3.42. The first-order chi connectivity index (χ1) is 13.0. The first-order valence-electron chi connectivity index (χ1n) is 9.33. The SMILES string of the molecule is Cc1cccc(CN2CCNC(=O)C2CC(=O)NCCc2nccn2C)c1. The van der Waals surface area contributed by atoms with Gasteiger partial charge in [-0.2, -0.15) is 0 Å². The van der Waals surface area contributed by atoms with E-state index in [4.69, 9.17) is 0 Å². The van der Waals surface area contributed by atoms with Crippen LogP contribution >= 0.6 is 0 Å². The molecule has 1 unspecified atom stereocenters. The largest absolute Gasteiger partial charge is 0.356 e. The Morgan fingerprint density at radius 2 is 2.26 bits per heavy atom. The van der Waals surface area contributed by atoms with E-state index < -0.39 is 6.04 Å². The molecule has 0 aliphatic carbocycles. The minimum absolute atomic E-state index is 0.0758. The fourth-order valence-electron chi connectivity index (χ4n) is 3.42.